The van der Waals surface area contributed by atoms with Crippen molar-refractivity contribution >= 4 is 23.3 Å². The Kier molecular flexibility index (Phi) is 7.22. The van der Waals surface area contributed by atoms with E-state index in [1.54, 1.807) is 16.2 Å². The number of hydrogen-bond donors (Lipinski definition) is 1. The van der Waals surface area contributed by atoms with Crippen molar-refractivity contribution in [2.75, 3.05) is 6.54 Å². The number of aryl methyl sites for hydroxylation is 1. The lowest BCUT2D eigenvalue weighted by molar-refractivity contribution is -0.133. The fourth-order valence-electron chi connectivity index (χ4n) is 3.67. The first kappa shape index (κ1) is 22.1. The Labute approximate surface area is 193 Å². The molecule has 1 saturated carbocycles. The minimum absolute atomic E-state index is 0.0262. The molecule has 1 aliphatic carbocycles. The van der Waals surface area contributed by atoms with Gasteiger partial charge in [-0.15, -0.1) is 11.3 Å². The molecule has 3 amide bonds. The SMILES string of the molecule is Cc1ccc(CN(Cc2ccccc2)C(=O)CN(C(=O)NCc2ccccc2)C2CC2)s1. The molecule has 0 aliphatic heterocycles. The third-order valence-corrected chi connectivity index (χ3v) is 6.54. The quantitative estimate of drug-likeness (QED) is 0.504. The van der Waals surface area contributed by atoms with Gasteiger partial charge >= 0.3 is 6.03 Å². The maximum Gasteiger partial charge on any atom is 0.318 e. The van der Waals surface area contributed by atoms with Crippen LogP contribution in [0.1, 0.15) is 33.7 Å². The summed E-state index contributed by atoms with van der Waals surface area (Å²) in [6.07, 6.45) is 1.91. The summed E-state index contributed by atoms with van der Waals surface area (Å²) >= 11 is 1.71. The fraction of sp³-hybridized carbons (Fsp3) is 0.308. The molecule has 32 heavy (non-hydrogen) atoms. The van der Waals surface area contributed by atoms with E-state index in [2.05, 4.69) is 24.4 Å². The molecule has 0 unspecified atom stereocenters. The summed E-state index contributed by atoms with van der Waals surface area (Å²) in [6.45, 7) is 3.71. The van der Waals surface area contributed by atoms with Crippen LogP contribution >= 0.6 is 11.3 Å². The molecular formula is C26H29N3O2S. The molecule has 1 fully saturated rings. The number of carbonyl (C=O) groups excluding carboxylic acids is 2. The second-order valence-electron chi connectivity index (χ2n) is 8.25. The Balaban J connectivity index is 1.43. The molecular weight excluding hydrogens is 418 g/mol. The number of urea groups is 1. The normalized spacial score (nSPS) is 12.9. The number of thiophene rings is 1. The first-order valence-corrected chi connectivity index (χ1v) is 11.9. The van der Waals surface area contributed by atoms with E-state index in [4.69, 9.17) is 0 Å². The molecule has 0 saturated heterocycles. The lowest BCUT2D eigenvalue weighted by atomic mass is 10.2. The van der Waals surface area contributed by atoms with Gasteiger partial charge in [0, 0.05) is 28.9 Å². The van der Waals surface area contributed by atoms with Crippen molar-refractivity contribution in [3.8, 4) is 0 Å². The first-order chi connectivity index (χ1) is 15.6. The van der Waals surface area contributed by atoms with Gasteiger partial charge < -0.3 is 15.1 Å². The van der Waals surface area contributed by atoms with Crippen molar-refractivity contribution in [2.24, 2.45) is 0 Å². The zero-order valence-corrected chi connectivity index (χ0v) is 19.2. The van der Waals surface area contributed by atoms with E-state index in [-0.39, 0.29) is 24.5 Å². The molecule has 0 atom stereocenters. The highest BCUT2D eigenvalue weighted by Crippen LogP contribution is 2.27. The molecule has 1 aliphatic rings. The molecule has 1 aromatic heterocycles. The van der Waals surface area contributed by atoms with Crippen LogP contribution in [0.25, 0.3) is 0 Å². The minimum Gasteiger partial charge on any atom is -0.334 e. The predicted molar refractivity (Wildman–Crippen MR) is 128 cm³/mol. The Bertz CT molecular complexity index is 1030. The summed E-state index contributed by atoms with van der Waals surface area (Å²) in [7, 11) is 0. The summed E-state index contributed by atoms with van der Waals surface area (Å²) in [6, 6.07) is 24.0. The van der Waals surface area contributed by atoms with Gasteiger partial charge in [-0.25, -0.2) is 4.79 Å². The predicted octanol–water partition coefficient (Wildman–Crippen LogP) is 4.96. The van der Waals surface area contributed by atoms with E-state index in [0.29, 0.717) is 19.6 Å². The highest BCUT2D eigenvalue weighted by molar-refractivity contribution is 7.11. The van der Waals surface area contributed by atoms with Crippen LogP contribution < -0.4 is 5.32 Å². The molecule has 2 aromatic carbocycles. The van der Waals surface area contributed by atoms with Gasteiger partial charge in [0.05, 0.1) is 6.54 Å². The molecule has 166 valence electrons. The van der Waals surface area contributed by atoms with Gasteiger partial charge in [-0.2, -0.15) is 0 Å². The van der Waals surface area contributed by atoms with E-state index >= 15 is 0 Å². The van der Waals surface area contributed by atoms with Crippen molar-refractivity contribution in [1.82, 2.24) is 15.1 Å². The summed E-state index contributed by atoms with van der Waals surface area (Å²) < 4.78 is 0. The maximum atomic E-state index is 13.4. The summed E-state index contributed by atoms with van der Waals surface area (Å²) in [4.78, 5) is 32.3. The van der Waals surface area contributed by atoms with E-state index in [0.717, 1.165) is 28.8 Å². The molecule has 0 bridgehead atoms. The average molecular weight is 448 g/mol. The monoisotopic (exact) mass is 447 g/mol. The third kappa shape index (κ3) is 6.20. The number of nitrogens with one attached hydrogen (secondary N) is 1. The zero-order chi connectivity index (χ0) is 22.3. The topological polar surface area (TPSA) is 52.7 Å². The highest BCUT2D eigenvalue weighted by atomic mass is 32.1. The second kappa shape index (κ2) is 10.5. The number of carbonyl (C=O) groups is 2. The molecule has 6 heteroatoms. The number of rotatable bonds is 9. The van der Waals surface area contributed by atoms with E-state index in [9.17, 15) is 9.59 Å². The molecule has 5 nitrogen and oxygen atoms in total. The largest absolute Gasteiger partial charge is 0.334 e. The van der Waals surface area contributed by atoms with Gasteiger partial charge in [0.15, 0.2) is 0 Å². The van der Waals surface area contributed by atoms with E-state index in [1.165, 1.54) is 4.88 Å². The van der Waals surface area contributed by atoms with Crippen LogP contribution in [0, 0.1) is 6.92 Å². The Morgan fingerprint density at radius 3 is 2.16 bits per heavy atom. The van der Waals surface area contributed by atoms with Crippen LogP contribution in [0.2, 0.25) is 0 Å². The Morgan fingerprint density at radius 1 is 0.906 bits per heavy atom. The average Bonchev–Trinajstić information content (AvgIpc) is 3.57. The van der Waals surface area contributed by atoms with Crippen molar-refractivity contribution in [3.05, 3.63) is 93.7 Å². The lowest BCUT2D eigenvalue weighted by Crippen LogP contribution is -2.47. The van der Waals surface area contributed by atoms with Gasteiger partial charge in [0.25, 0.3) is 0 Å². The Hall–Kier alpha value is -3.12. The van der Waals surface area contributed by atoms with Crippen molar-refractivity contribution in [2.45, 2.75) is 45.4 Å². The number of benzene rings is 2. The molecule has 0 spiro atoms. The van der Waals surface area contributed by atoms with Gasteiger partial charge in [-0.3, -0.25) is 4.79 Å². The zero-order valence-electron chi connectivity index (χ0n) is 18.4. The summed E-state index contributed by atoms with van der Waals surface area (Å²) in [5.41, 5.74) is 2.13. The van der Waals surface area contributed by atoms with Crippen LogP contribution in [-0.2, 0) is 24.4 Å². The molecule has 4 rings (SSSR count). The second-order valence-corrected chi connectivity index (χ2v) is 9.62. The number of amides is 3. The first-order valence-electron chi connectivity index (χ1n) is 11.0. The van der Waals surface area contributed by atoms with Crippen LogP contribution in [0.4, 0.5) is 4.79 Å². The van der Waals surface area contributed by atoms with Crippen LogP contribution in [0.3, 0.4) is 0 Å². The van der Waals surface area contributed by atoms with Crippen LogP contribution in [0.5, 0.6) is 0 Å². The van der Waals surface area contributed by atoms with Crippen molar-refractivity contribution in [3.63, 3.8) is 0 Å². The smallest absolute Gasteiger partial charge is 0.318 e. The van der Waals surface area contributed by atoms with Crippen LogP contribution in [0.15, 0.2) is 72.8 Å². The number of hydrogen-bond acceptors (Lipinski definition) is 3. The van der Waals surface area contributed by atoms with Gasteiger partial charge in [-0.1, -0.05) is 60.7 Å². The number of nitrogens with zero attached hydrogens (tertiary/aromatic N) is 2. The maximum absolute atomic E-state index is 13.4. The highest BCUT2D eigenvalue weighted by Gasteiger charge is 2.34. The minimum atomic E-state index is -0.170. The summed E-state index contributed by atoms with van der Waals surface area (Å²) in [5.74, 6) is -0.0262. The van der Waals surface area contributed by atoms with E-state index < -0.39 is 0 Å². The van der Waals surface area contributed by atoms with Gasteiger partial charge in [-0.05, 0) is 43.0 Å². The fourth-order valence-corrected chi connectivity index (χ4v) is 4.57. The van der Waals surface area contributed by atoms with Crippen molar-refractivity contribution < 1.29 is 9.59 Å². The standard InChI is InChI=1S/C26H29N3O2S/c1-20-12-15-24(32-20)18-28(17-22-10-6-3-7-11-22)25(30)19-29(23-13-14-23)26(31)27-16-21-8-4-2-5-9-21/h2-12,15,23H,13-14,16-19H2,1H3,(H,27,31). The lowest BCUT2D eigenvalue weighted by Gasteiger charge is -2.28. The summed E-state index contributed by atoms with van der Waals surface area (Å²) in [5, 5.41) is 2.99. The third-order valence-electron chi connectivity index (χ3n) is 5.55. The van der Waals surface area contributed by atoms with Gasteiger partial charge in [0.1, 0.15) is 6.54 Å². The molecule has 1 heterocycles. The molecule has 0 radical (unpaired) electrons. The Morgan fingerprint density at radius 2 is 1.56 bits per heavy atom. The molecule has 3 aromatic rings. The van der Waals surface area contributed by atoms with Crippen LogP contribution in [-0.4, -0.2) is 34.3 Å². The molecule has 1 N–H and O–H groups in total. The van der Waals surface area contributed by atoms with Crippen molar-refractivity contribution in [1.29, 1.82) is 0 Å². The van der Waals surface area contributed by atoms with E-state index in [1.807, 2.05) is 65.6 Å². The van der Waals surface area contributed by atoms with Gasteiger partial charge in [0.2, 0.25) is 5.91 Å².